The maximum atomic E-state index is 12.7. The van der Waals surface area contributed by atoms with Crippen LogP contribution in [0.3, 0.4) is 0 Å². The molecule has 0 saturated heterocycles. The first-order valence-electron chi connectivity index (χ1n) is 8.42. The summed E-state index contributed by atoms with van der Waals surface area (Å²) in [5.41, 5.74) is -1.42. The molecule has 0 fully saturated rings. The van der Waals surface area contributed by atoms with Gasteiger partial charge in [-0.1, -0.05) is 41.0 Å². The maximum absolute atomic E-state index is 12.7. The van der Waals surface area contributed by atoms with Gasteiger partial charge in [-0.2, -0.15) is 0 Å². The fourth-order valence-corrected chi connectivity index (χ4v) is 3.42. The highest BCUT2D eigenvalue weighted by Gasteiger charge is 2.23. The molecule has 0 radical (unpaired) electrons. The number of halogens is 2. The number of carbonyl (C=O) groups is 1. The van der Waals surface area contributed by atoms with Crippen LogP contribution in [0.2, 0.25) is 10.0 Å². The second kappa shape index (κ2) is 9.41. The minimum Gasteiger partial charge on any atom is -0.478 e. The molecule has 30 heavy (non-hydrogen) atoms. The van der Waals surface area contributed by atoms with Gasteiger partial charge in [0.05, 0.1) is 27.0 Å². The van der Waals surface area contributed by atoms with Crippen LogP contribution >= 0.6 is 35.4 Å². The summed E-state index contributed by atoms with van der Waals surface area (Å²) >= 11 is 17.8. The van der Waals surface area contributed by atoms with Gasteiger partial charge in [-0.15, -0.1) is 0 Å². The molecule has 160 valence electrons. The van der Waals surface area contributed by atoms with E-state index in [1.54, 1.807) is 6.92 Å². The molecular formula is C18H18Cl2N4O5S. The van der Waals surface area contributed by atoms with Crippen molar-refractivity contribution in [1.82, 2.24) is 13.7 Å². The lowest BCUT2D eigenvalue weighted by molar-refractivity contribution is 0.0697. The van der Waals surface area contributed by atoms with Crippen molar-refractivity contribution in [3.63, 3.8) is 0 Å². The van der Waals surface area contributed by atoms with E-state index in [-0.39, 0.29) is 44.7 Å². The number of hydrogen-bond acceptors (Lipinski definition) is 6. The highest BCUT2D eigenvalue weighted by atomic mass is 35.5. The number of benzene rings is 1. The first kappa shape index (κ1) is 23.6. The number of rotatable bonds is 7. The summed E-state index contributed by atoms with van der Waals surface area (Å²) in [6.45, 7) is 5.31. The third-order valence-corrected chi connectivity index (χ3v) is 5.52. The average Bonchev–Trinajstić information content (AvgIpc) is 2.69. The molecule has 0 aliphatic rings. The molecule has 1 aromatic carbocycles. The number of carboxylic acids is 1. The third kappa shape index (κ3) is 4.40. The van der Waals surface area contributed by atoms with Gasteiger partial charge in [0.2, 0.25) is 0 Å². The molecule has 1 aromatic heterocycles. The first-order valence-corrected chi connectivity index (χ1v) is 9.59. The molecule has 12 heteroatoms. The van der Waals surface area contributed by atoms with Gasteiger partial charge in [0.15, 0.2) is 4.77 Å². The van der Waals surface area contributed by atoms with Gasteiger partial charge in [-0.3, -0.25) is 9.13 Å². The highest BCUT2D eigenvalue weighted by Crippen LogP contribution is 2.34. The Morgan fingerprint density at radius 3 is 2.33 bits per heavy atom. The van der Waals surface area contributed by atoms with Crippen LogP contribution in [0.1, 0.15) is 22.8 Å². The Morgan fingerprint density at radius 2 is 1.83 bits per heavy atom. The Kier molecular flexibility index (Phi) is 7.40. The van der Waals surface area contributed by atoms with E-state index in [2.05, 4.69) is 11.7 Å². The Hall–Kier alpha value is -2.69. The Labute approximate surface area is 186 Å². The van der Waals surface area contributed by atoms with E-state index >= 15 is 0 Å². The number of oxime groups is 1. The predicted octanol–water partition coefficient (Wildman–Crippen LogP) is 2.73. The van der Waals surface area contributed by atoms with Crippen LogP contribution in [-0.4, -0.2) is 37.1 Å². The predicted molar refractivity (Wildman–Crippen MR) is 117 cm³/mol. The van der Waals surface area contributed by atoms with Crippen molar-refractivity contribution in [1.29, 1.82) is 0 Å². The summed E-state index contributed by atoms with van der Waals surface area (Å²) in [5.74, 6) is -1.36. The zero-order chi connectivity index (χ0) is 22.7. The number of carboxylic acid groups (broad SMARTS) is 1. The van der Waals surface area contributed by atoms with Crippen LogP contribution in [0.15, 0.2) is 33.5 Å². The molecule has 0 saturated carbocycles. The van der Waals surface area contributed by atoms with E-state index in [1.165, 1.54) is 20.2 Å². The second-order valence-electron chi connectivity index (χ2n) is 6.24. The van der Waals surface area contributed by atoms with Crippen LogP contribution in [-0.2, 0) is 25.4 Å². The molecule has 0 aliphatic heterocycles. The van der Waals surface area contributed by atoms with Gasteiger partial charge in [-0.05, 0) is 30.8 Å². The first-order chi connectivity index (χ1) is 14.0. The van der Waals surface area contributed by atoms with Crippen LogP contribution in [0, 0.1) is 4.77 Å². The largest absolute Gasteiger partial charge is 0.478 e. The van der Waals surface area contributed by atoms with Crippen LogP contribution in [0.25, 0.3) is 5.69 Å². The quantitative estimate of drug-likeness (QED) is 0.218. The summed E-state index contributed by atoms with van der Waals surface area (Å²) in [7, 11) is 2.77. The zero-order valence-electron chi connectivity index (χ0n) is 16.3. The average molecular weight is 473 g/mol. The van der Waals surface area contributed by atoms with E-state index in [4.69, 9.17) is 40.3 Å². The van der Waals surface area contributed by atoms with Gasteiger partial charge >= 0.3 is 17.3 Å². The lowest BCUT2D eigenvalue weighted by atomic mass is 10.0. The molecule has 1 heterocycles. The van der Waals surface area contributed by atoms with E-state index in [9.17, 15) is 19.5 Å². The van der Waals surface area contributed by atoms with Gasteiger partial charge in [-0.25, -0.2) is 19.0 Å². The monoisotopic (exact) mass is 472 g/mol. The molecule has 0 aliphatic carbocycles. The van der Waals surface area contributed by atoms with Crippen molar-refractivity contribution in [3.8, 4) is 5.69 Å². The molecule has 0 bridgehead atoms. The molecule has 9 nitrogen and oxygen atoms in total. The van der Waals surface area contributed by atoms with E-state index < -0.39 is 17.3 Å². The Morgan fingerprint density at radius 1 is 1.27 bits per heavy atom. The van der Waals surface area contributed by atoms with Gasteiger partial charge in [0.1, 0.15) is 6.61 Å². The standard InChI is InChI=1S/C18H18Cl2N4O5S/c1-5-6-29-21-9(2)7-10-13(19)11(15(25)26)8-12(14(10)20)24-16(27)22(3)18(30)23(4)17(24)28/h5,8H,1,6-7H2,2-4H3,(H,25,26). The van der Waals surface area contributed by atoms with Crippen LogP contribution < -0.4 is 11.4 Å². The minimum atomic E-state index is -1.36. The smallest absolute Gasteiger partial charge is 0.338 e. The second-order valence-corrected chi connectivity index (χ2v) is 7.36. The van der Waals surface area contributed by atoms with Crippen LogP contribution in [0.5, 0.6) is 0 Å². The van der Waals surface area contributed by atoms with Crippen LogP contribution in [0.4, 0.5) is 0 Å². The molecule has 1 N–H and O–H groups in total. The van der Waals surface area contributed by atoms with Crippen molar-refractivity contribution in [2.24, 2.45) is 19.3 Å². The number of aromatic carboxylic acids is 1. The van der Waals surface area contributed by atoms with Gasteiger partial charge in [0, 0.05) is 20.5 Å². The lowest BCUT2D eigenvalue weighted by Gasteiger charge is -2.16. The topological polar surface area (TPSA) is 108 Å². The van der Waals surface area contributed by atoms with Crippen molar-refractivity contribution < 1.29 is 14.7 Å². The summed E-state index contributed by atoms with van der Waals surface area (Å²) in [6.07, 6.45) is 1.52. The van der Waals surface area contributed by atoms with E-state index in [0.717, 1.165) is 19.8 Å². The highest BCUT2D eigenvalue weighted by molar-refractivity contribution is 7.71. The molecule has 2 rings (SSSR count). The molecule has 2 aromatic rings. The number of aromatic nitrogens is 3. The molecular weight excluding hydrogens is 455 g/mol. The molecule has 0 amide bonds. The SMILES string of the molecule is C=CCON=C(C)Cc1c(Cl)c(C(=O)O)cc(-n2c(=O)n(C)c(=S)n(C)c2=O)c1Cl. The maximum Gasteiger partial charge on any atom is 0.338 e. The minimum absolute atomic E-state index is 0.00707. The van der Waals surface area contributed by atoms with E-state index in [1.807, 2.05) is 0 Å². The molecule has 0 atom stereocenters. The number of hydrogen-bond donors (Lipinski definition) is 1. The van der Waals surface area contributed by atoms with Crippen molar-refractivity contribution in [2.45, 2.75) is 13.3 Å². The van der Waals surface area contributed by atoms with Crippen molar-refractivity contribution in [2.75, 3.05) is 6.61 Å². The zero-order valence-corrected chi connectivity index (χ0v) is 18.6. The van der Waals surface area contributed by atoms with Crippen molar-refractivity contribution >= 4 is 47.1 Å². The van der Waals surface area contributed by atoms with Crippen molar-refractivity contribution in [3.05, 3.63) is 65.6 Å². The summed E-state index contributed by atoms with van der Waals surface area (Å²) in [5, 5.41) is 13.2. The lowest BCUT2D eigenvalue weighted by Crippen LogP contribution is -2.43. The third-order valence-electron chi connectivity index (χ3n) is 4.12. The summed E-state index contributed by atoms with van der Waals surface area (Å²) < 4.78 is 2.87. The van der Waals surface area contributed by atoms with E-state index in [0.29, 0.717) is 5.71 Å². The van der Waals surface area contributed by atoms with Gasteiger partial charge in [0.25, 0.3) is 0 Å². The Bertz CT molecular complexity index is 1200. The fourth-order valence-electron chi connectivity index (χ4n) is 2.62. The fraction of sp³-hybridized carbons (Fsp3) is 0.278. The normalized spacial score (nSPS) is 11.4. The molecule has 0 spiro atoms. The number of nitrogens with zero attached hydrogens (tertiary/aromatic N) is 4. The summed E-state index contributed by atoms with van der Waals surface area (Å²) in [4.78, 5) is 42.2. The summed E-state index contributed by atoms with van der Waals surface area (Å²) in [6, 6.07) is 1.07. The Balaban J connectivity index is 2.86. The van der Waals surface area contributed by atoms with Gasteiger partial charge < -0.3 is 9.94 Å². The molecule has 0 unspecified atom stereocenters.